The van der Waals surface area contributed by atoms with Crippen LogP contribution in [0.2, 0.25) is 0 Å². The first-order valence-electron chi connectivity index (χ1n) is 12.0. The number of hydrogen-bond acceptors (Lipinski definition) is 6. The van der Waals surface area contributed by atoms with Gasteiger partial charge >= 0.3 is 11.9 Å². The second kappa shape index (κ2) is 9.57. The van der Waals surface area contributed by atoms with E-state index in [-0.39, 0.29) is 21.8 Å². The van der Waals surface area contributed by atoms with Crippen molar-refractivity contribution < 1.29 is 36.3 Å². The maximum absolute atomic E-state index is 14.6. The number of esters is 2. The number of rotatable bonds is 5. The number of fused-ring (bicyclic) bond motifs is 3. The number of carbonyl (C=O) groups is 2. The van der Waals surface area contributed by atoms with Crippen molar-refractivity contribution in [3.63, 3.8) is 0 Å². The third kappa shape index (κ3) is 4.17. The van der Waals surface area contributed by atoms with Crippen molar-refractivity contribution in [2.45, 2.75) is 24.7 Å². The molecule has 2 aliphatic rings. The standard InChI is InChI=1S/C30H24F2O6S/c1-17-4-11-21(12-5-17)39(35,36)25-16-30(28(33)37-2,29(34)38-3)15-24-26(18-6-8-19(31)9-7-18)23-14-20(32)10-13-22(23)27(24)25/h4-14H,15-16H2,1-3H3. The molecule has 6 nitrogen and oxygen atoms in total. The van der Waals surface area contributed by atoms with Crippen LogP contribution in [0.4, 0.5) is 8.78 Å². The van der Waals surface area contributed by atoms with E-state index in [1.165, 1.54) is 54.6 Å². The highest BCUT2D eigenvalue weighted by atomic mass is 32.2. The number of carbonyl (C=O) groups excluding carboxylic acids is 2. The second-order valence-electron chi connectivity index (χ2n) is 9.58. The van der Waals surface area contributed by atoms with Gasteiger partial charge in [0, 0.05) is 18.4 Å². The van der Waals surface area contributed by atoms with Crippen LogP contribution in [0.3, 0.4) is 0 Å². The molecule has 0 bridgehead atoms. The summed E-state index contributed by atoms with van der Waals surface area (Å²) < 4.78 is 66.9. The normalized spacial score (nSPS) is 16.0. The number of ether oxygens (including phenoxy) is 2. The molecule has 9 heteroatoms. The van der Waals surface area contributed by atoms with Crippen molar-refractivity contribution in [3.05, 3.63) is 111 Å². The number of methoxy groups -OCH3 is 2. The zero-order valence-corrected chi connectivity index (χ0v) is 22.2. The first-order valence-corrected chi connectivity index (χ1v) is 13.5. The minimum Gasteiger partial charge on any atom is -0.468 e. The van der Waals surface area contributed by atoms with E-state index in [9.17, 15) is 26.8 Å². The van der Waals surface area contributed by atoms with Crippen LogP contribution >= 0.6 is 0 Å². The second-order valence-corrected chi connectivity index (χ2v) is 11.6. The summed E-state index contributed by atoms with van der Waals surface area (Å²) >= 11 is 0. The highest BCUT2D eigenvalue weighted by molar-refractivity contribution is 7.95. The lowest BCUT2D eigenvalue weighted by Crippen LogP contribution is -2.44. The fourth-order valence-electron chi connectivity index (χ4n) is 5.41. The summed E-state index contributed by atoms with van der Waals surface area (Å²) in [5, 5.41) is 0. The van der Waals surface area contributed by atoms with Crippen LogP contribution < -0.4 is 0 Å². The summed E-state index contributed by atoms with van der Waals surface area (Å²) in [5.41, 5.74) is 1.09. The van der Waals surface area contributed by atoms with Gasteiger partial charge in [-0.1, -0.05) is 35.9 Å². The third-order valence-electron chi connectivity index (χ3n) is 7.28. The molecule has 0 heterocycles. The molecular weight excluding hydrogens is 526 g/mol. The van der Waals surface area contributed by atoms with E-state index in [2.05, 4.69) is 0 Å². The largest absolute Gasteiger partial charge is 0.468 e. The lowest BCUT2D eigenvalue weighted by Gasteiger charge is -2.35. The van der Waals surface area contributed by atoms with Crippen molar-refractivity contribution in [1.29, 1.82) is 0 Å². The van der Waals surface area contributed by atoms with Crippen LogP contribution in [0.1, 0.15) is 35.1 Å². The number of halogens is 2. The maximum atomic E-state index is 14.6. The van der Waals surface area contributed by atoms with Crippen molar-refractivity contribution in [2.75, 3.05) is 14.2 Å². The highest BCUT2D eigenvalue weighted by Gasteiger charge is 2.56. The van der Waals surface area contributed by atoms with Crippen molar-refractivity contribution >= 4 is 32.9 Å². The van der Waals surface area contributed by atoms with Gasteiger partial charge in [-0.25, -0.2) is 17.2 Å². The molecule has 0 saturated carbocycles. The number of aryl methyl sites for hydroxylation is 1. The van der Waals surface area contributed by atoms with E-state index in [0.717, 1.165) is 19.8 Å². The summed E-state index contributed by atoms with van der Waals surface area (Å²) in [6.45, 7) is 1.82. The average molecular weight is 551 g/mol. The number of benzene rings is 3. The molecule has 0 amide bonds. The molecule has 3 aromatic rings. The first-order chi connectivity index (χ1) is 18.5. The molecule has 200 valence electrons. The molecule has 0 saturated heterocycles. The van der Waals surface area contributed by atoms with E-state index in [1.54, 1.807) is 12.1 Å². The van der Waals surface area contributed by atoms with Crippen LogP contribution in [0.5, 0.6) is 0 Å². The number of sulfone groups is 1. The molecule has 39 heavy (non-hydrogen) atoms. The fourth-order valence-corrected chi connectivity index (χ4v) is 7.13. The summed E-state index contributed by atoms with van der Waals surface area (Å²) in [7, 11) is -2.07. The van der Waals surface area contributed by atoms with E-state index < -0.39 is 45.2 Å². The van der Waals surface area contributed by atoms with E-state index in [1.807, 2.05) is 6.92 Å². The molecule has 2 aliphatic carbocycles. The van der Waals surface area contributed by atoms with E-state index in [4.69, 9.17) is 9.47 Å². The van der Waals surface area contributed by atoms with Crippen molar-refractivity contribution in [3.8, 4) is 0 Å². The Hall–Kier alpha value is -4.11. The smallest absolute Gasteiger partial charge is 0.323 e. The number of allylic oxidation sites excluding steroid dienone is 3. The summed E-state index contributed by atoms with van der Waals surface area (Å²) in [5.74, 6) is -2.98. The fraction of sp³-hybridized carbons (Fsp3) is 0.200. The molecule has 5 rings (SSSR count). The van der Waals surface area contributed by atoms with Gasteiger partial charge in [-0.15, -0.1) is 0 Å². The molecule has 0 unspecified atom stereocenters. The molecule has 0 radical (unpaired) electrons. The minimum absolute atomic E-state index is 0.0284. The van der Waals surface area contributed by atoms with Gasteiger partial charge in [0.2, 0.25) is 9.84 Å². The van der Waals surface area contributed by atoms with Crippen LogP contribution in [-0.4, -0.2) is 34.6 Å². The Bertz CT molecular complexity index is 1670. The SMILES string of the molecule is COC(=O)C1(C(=O)OC)CC2=C(c3ccc(F)cc3)c3cc(F)ccc3C2=C(S(=O)(=O)c2ccc(C)cc2)C1. The molecule has 0 fully saturated rings. The first kappa shape index (κ1) is 26.5. The highest BCUT2D eigenvalue weighted by Crippen LogP contribution is 2.57. The van der Waals surface area contributed by atoms with Gasteiger partial charge in [-0.2, -0.15) is 0 Å². The Morgan fingerprint density at radius 2 is 1.36 bits per heavy atom. The molecule has 0 atom stereocenters. The van der Waals surface area contributed by atoms with Gasteiger partial charge in [-0.05, 0) is 71.2 Å². The Labute approximate surface area is 224 Å². The summed E-state index contributed by atoms with van der Waals surface area (Å²) in [6.07, 6.45) is -0.785. The molecule has 0 spiro atoms. The lowest BCUT2D eigenvalue weighted by atomic mass is 9.71. The molecule has 0 aromatic heterocycles. The quantitative estimate of drug-likeness (QED) is 0.312. The third-order valence-corrected chi connectivity index (χ3v) is 9.17. The van der Waals surface area contributed by atoms with Gasteiger partial charge in [0.15, 0.2) is 5.41 Å². The molecule has 3 aromatic carbocycles. The Morgan fingerprint density at radius 3 is 1.95 bits per heavy atom. The zero-order chi connectivity index (χ0) is 28.1. The van der Waals surface area contributed by atoms with Gasteiger partial charge < -0.3 is 9.47 Å². The van der Waals surface area contributed by atoms with Crippen LogP contribution in [0, 0.1) is 24.0 Å². The Balaban J connectivity index is 1.92. The van der Waals surface area contributed by atoms with Crippen molar-refractivity contribution in [2.24, 2.45) is 5.41 Å². The van der Waals surface area contributed by atoms with Crippen LogP contribution in [0.25, 0.3) is 11.1 Å². The minimum atomic E-state index is -4.28. The summed E-state index contributed by atoms with van der Waals surface area (Å²) in [6, 6.07) is 15.6. The van der Waals surface area contributed by atoms with Crippen molar-refractivity contribution in [1.82, 2.24) is 0 Å². The predicted octanol–water partition coefficient (Wildman–Crippen LogP) is 5.40. The zero-order valence-electron chi connectivity index (χ0n) is 21.4. The van der Waals surface area contributed by atoms with E-state index in [0.29, 0.717) is 27.8 Å². The maximum Gasteiger partial charge on any atom is 0.323 e. The average Bonchev–Trinajstić information content (AvgIpc) is 3.24. The predicted molar refractivity (Wildman–Crippen MR) is 140 cm³/mol. The Morgan fingerprint density at radius 1 is 0.769 bits per heavy atom. The van der Waals surface area contributed by atoms with Gasteiger partial charge in [-0.3, -0.25) is 9.59 Å². The topological polar surface area (TPSA) is 86.7 Å². The van der Waals surface area contributed by atoms with Gasteiger partial charge in [0.25, 0.3) is 0 Å². The molecule has 0 aliphatic heterocycles. The van der Waals surface area contributed by atoms with Crippen LogP contribution in [0.15, 0.2) is 82.1 Å². The molecule has 0 N–H and O–H groups in total. The lowest BCUT2D eigenvalue weighted by molar-refractivity contribution is -0.169. The summed E-state index contributed by atoms with van der Waals surface area (Å²) in [4.78, 5) is 26.3. The molecular formula is C30H24F2O6S. The van der Waals surface area contributed by atoms with Gasteiger partial charge in [0.1, 0.15) is 11.6 Å². The monoisotopic (exact) mass is 550 g/mol. The Kier molecular flexibility index (Phi) is 6.50. The van der Waals surface area contributed by atoms with E-state index >= 15 is 0 Å². The number of hydrogen-bond donors (Lipinski definition) is 0. The van der Waals surface area contributed by atoms with Gasteiger partial charge in [0.05, 0.1) is 24.0 Å². The van der Waals surface area contributed by atoms with Crippen LogP contribution in [-0.2, 0) is 28.9 Å².